The predicted molar refractivity (Wildman–Crippen MR) is 148 cm³/mol. The first-order valence-corrected chi connectivity index (χ1v) is 13.4. The van der Waals surface area contributed by atoms with Crippen LogP contribution in [-0.4, -0.2) is 59.7 Å². The Balaban J connectivity index is 1.42. The molecular formula is C28H34ClF3N4O4. The van der Waals surface area contributed by atoms with E-state index in [4.69, 9.17) is 11.6 Å². The number of halogens is 4. The second kappa shape index (κ2) is 14.5. The number of aliphatic hydroxyl groups is 1. The highest BCUT2D eigenvalue weighted by atomic mass is 35.5. The van der Waals surface area contributed by atoms with Crippen LogP contribution in [0.5, 0.6) is 5.75 Å². The van der Waals surface area contributed by atoms with Crippen LogP contribution in [0.4, 0.5) is 18.9 Å². The average molecular weight is 583 g/mol. The fraction of sp³-hybridized carbons (Fsp3) is 0.429. The largest absolute Gasteiger partial charge is 0.506 e. The van der Waals surface area contributed by atoms with E-state index in [1.807, 2.05) is 0 Å². The molecule has 0 saturated carbocycles. The summed E-state index contributed by atoms with van der Waals surface area (Å²) >= 11 is 5.99. The molecular weight excluding hydrogens is 549 g/mol. The SMILES string of the molecule is C/C=C\c1c(C(O)CNC2CCN(CCC(=O)NCc3cc(C(F)(F)F)ccc3Cl)CC2)ccc(O)c1NC=O. The third-order valence-electron chi connectivity index (χ3n) is 6.84. The van der Waals surface area contributed by atoms with Gasteiger partial charge in [0.2, 0.25) is 12.3 Å². The van der Waals surface area contributed by atoms with Crippen molar-refractivity contribution >= 4 is 35.7 Å². The Hall–Kier alpha value is -3.12. The van der Waals surface area contributed by atoms with Crippen molar-refractivity contribution in [1.29, 1.82) is 0 Å². The number of nitrogens with one attached hydrogen (secondary N) is 3. The Kier molecular flexibility index (Phi) is 11.4. The summed E-state index contributed by atoms with van der Waals surface area (Å²) in [6.07, 6.45) is 0.413. The lowest BCUT2D eigenvalue weighted by Crippen LogP contribution is -2.44. The van der Waals surface area contributed by atoms with Crippen molar-refractivity contribution in [3.05, 3.63) is 63.7 Å². The van der Waals surface area contributed by atoms with Crippen molar-refractivity contribution in [3.8, 4) is 5.75 Å². The quantitative estimate of drug-likeness (QED) is 0.187. The van der Waals surface area contributed by atoms with Gasteiger partial charge in [0, 0.05) is 42.7 Å². The summed E-state index contributed by atoms with van der Waals surface area (Å²) in [7, 11) is 0. The number of phenols is 1. The number of nitrogens with zero attached hydrogens (tertiary/aromatic N) is 1. The average Bonchev–Trinajstić information content (AvgIpc) is 2.92. The van der Waals surface area contributed by atoms with Crippen molar-refractivity contribution in [1.82, 2.24) is 15.5 Å². The predicted octanol–water partition coefficient (Wildman–Crippen LogP) is 4.46. The minimum atomic E-state index is -4.48. The van der Waals surface area contributed by atoms with E-state index in [9.17, 15) is 33.0 Å². The highest BCUT2D eigenvalue weighted by molar-refractivity contribution is 6.31. The summed E-state index contributed by atoms with van der Waals surface area (Å²) in [4.78, 5) is 25.4. The van der Waals surface area contributed by atoms with E-state index >= 15 is 0 Å². The minimum Gasteiger partial charge on any atom is -0.506 e. The van der Waals surface area contributed by atoms with Crippen LogP contribution < -0.4 is 16.0 Å². The second-order valence-corrected chi connectivity index (χ2v) is 10.0. The summed E-state index contributed by atoms with van der Waals surface area (Å²) in [5, 5.41) is 29.6. The van der Waals surface area contributed by atoms with E-state index in [2.05, 4.69) is 20.9 Å². The Morgan fingerprint density at radius 1 is 1.23 bits per heavy atom. The zero-order chi connectivity index (χ0) is 29.3. The first kappa shape index (κ1) is 31.4. The number of allylic oxidation sites excluding steroid dienone is 1. The summed E-state index contributed by atoms with van der Waals surface area (Å²) in [6, 6.07) is 6.25. The third kappa shape index (κ3) is 8.69. The molecule has 1 heterocycles. The minimum absolute atomic E-state index is 0.0839. The number of benzene rings is 2. The van der Waals surface area contributed by atoms with E-state index in [-0.39, 0.29) is 53.5 Å². The maximum absolute atomic E-state index is 12.9. The van der Waals surface area contributed by atoms with Gasteiger partial charge < -0.3 is 31.1 Å². The van der Waals surface area contributed by atoms with Crippen LogP contribution in [0.25, 0.3) is 6.08 Å². The summed E-state index contributed by atoms with van der Waals surface area (Å²) < 4.78 is 38.8. The van der Waals surface area contributed by atoms with Gasteiger partial charge in [-0.25, -0.2) is 0 Å². The van der Waals surface area contributed by atoms with Crippen molar-refractivity contribution < 1.29 is 33.0 Å². The maximum Gasteiger partial charge on any atom is 0.416 e. The lowest BCUT2D eigenvalue weighted by atomic mass is 9.98. The number of hydrogen-bond donors (Lipinski definition) is 5. The number of carbonyl (C=O) groups excluding carboxylic acids is 2. The molecule has 0 aromatic heterocycles. The molecule has 218 valence electrons. The van der Waals surface area contributed by atoms with Crippen molar-refractivity contribution in [2.45, 2.75) is 51.1 Å². The Bertz CT molecular complexity index is 1200. The van der Waals surface area contributed by atoms with Crippen LogP contribution in [0, 0.1) is 0 Å². The topological polar surface area (TPSA) is 114 Å². The molecule has 2 aromatic carbocycles. The summed E-state index contributed by atoms with van der Waals surface area (Å²) in [5.41, 5.74) is 0.737. The maximum atomic E-state index is 12.9. The molecule has 40 heavy (non-hydrogen) atoms. The van der Waals surface area contributed by atoms with Crippen LogP contribution in [0.1, 0.15) is 54.5 Å². The number of phenolic OH excluding ortho intramolecular Hbond substituents is 1. The molecule has 0 radical (unpaired) electrons. The van der Waals surface area contributed by atoms with Crippen LogP contribution in [-0.2, 0) is 22.3 Å². The molecule has 1 saturated heterocycles. The van der Waals surface area contributed by atoms with Crippen LogP contribution in [0.15, 0.2) is 36.4 Å². The van der Waals surface area contributed by atoms with Gasteiger partial charge in [0.05, 0.1) is 17.4 Å². The molecule has 1 aliphatic heterocycles. The van der Waals surface area contributed by atoms with Gasteiger partial charge >= 0.3 is 6.18 Å². The Morgan fingerprint density at radius 3 is 2.60 bits per heavy atom. The van der Waals surface area contributed by atoms with E-state index in [1.165, 1.54) is 12.1 Å². The molecule has 12 heteroatoms. The molecule has 0 aliphatic carbocycles. The number of amides is 2. The number of aliphatic hydroxyl groups excluding tert-OH is 1. The molecule has 1 aliphatic rings. The number of likely N-dealkylation sites (tertiary alicyclic amines) is 1. The number of hydrogen-bond acceptors (Lipinski definition) is 6. The molecule has 1 unspecified atom stereocenters. The van der Waals surface area contributed by atoms with Gasteiger partial charge in [0.1, 0.15) is 5.75 Å². The Labute approximate surface area is 236 Å². The van der Waals surface area contributed by atoms with Crippen molar-refractivity contribution in [2.24, 2.45) is 0 Å². The van der Waals surface area contributed by atoms with E-state index < -0.39 is 17.8 Å². The molecule has 2 aromatic rings. The smallest absolute Gasteiger partial charge is 0.416 e. The van der Waals surface area contributed by atoms with Crippen molar-refractivity contribution in [3.63, 3.8) is 0 Å². The van der Waals surface area contributed by atoms with Gasteiger partial charge in [0.15, 0.2) is 0 Å². The Morgan fingerprint density at radius 2 is 1.95 bits per heavy atom. The van der Waals surface area contributed by atoms with E-state index in [0.717, 1.165) is 38.1 Å². The lowest BCUT2D eigenvalue weighted by molar-refractivity contribution is -0.137. The molecule has 5 N–H and O–H groups in total. The first-order valence-electron chi connectivity index (χ1n) is 13.0. The zero-order valence-electron chi connectivity index (χ0n) is 22.1. The molecule has 2 amide bonds. The van der Waals surface area contributed by atoms with E-state index in [1.54, 1.807) is 25.1 Å². The number of carbonyl (C=O) groups is 2. The number of piperidine rings is 1. The molecule has 1 atom stereocenters. The fourth-order valence-electron chi connectivity index (χ4n) is 4.65. The third-order valence-corrected chi connectivity index (χ3v) is 7.21. The summed E-state index contributed by atoms with van der Waals surface area (Å²) in [5.74, 6) is -0.365. The van der Waals surface area contributed by atoms with Gasteiger partial charge in [-0.05, 0) is 68.2 Å². The van der Waals surface area contributed by atoms with Crippen LogP contribution >= 0.6 is 11.6 Å². The van der Waals surface area contributed by atoms with Crippen LogP contribution in [0.3, 0.4) is 0 Å². The number of alkyl halides is 3. The van der Waals surface area contributed by atoms with Gasteiger partial charge in [-0.1, -0.05) is 29.8 Å². The second-order valence-electron chi connectivity index (χ2n) is 9.60. The number of anilines is 1. The summed E-state index contributed by atoms with van der Waals surface area (Å²) in [6.45, 7) is 4.01. The molecule has 8 nitrogen and oxygen atoms in total. The van der Waals surface area contributed by atoms with Crippen molar-refractivity contribution in [2.75, 3.05) is 31.5 Å². The highest BCUT2D eigenvalue weighted by Gasteiger charge is 2.31. The number of rotatable bonds is 12. The highest BCUT2D eigenvalue weighted by Crippen LogP contribution is 2.34. The number of aromatic hydroxyl groups is 1. The monoisotopic (exact) mass is 582 g/mol. The standard InChI is InChI=1S/C28H34ClF3N4O4/c1-2-3-22-21(5-7-24(38)27(22)35-17-37)25(39)16-33-20-8-11-36(12-9-20)13-10-26(40)34-15-18-14-19(28(30,31)32)4-6-23(18)29/h2-7,14,17,20,25,33,38-39H,8-13,15-16H2,1H3,(H,34,40)(H,35,37)/b3-2-. The molecule has 0 bridgehead atoms. The molecule has 3 rings (SSSR count). The zero-order valence-corrected chi connectivity index (χ0v) is 22.9. The van der Waals surface area contributed by atoms with Gasteiger partial charge in [-0.15, -0.1) is 0 Å². The lowest BCUT2D eigenvalue weighted by Gasteiger charge is -2.33. The van der Waals surface area contributed by atoms with Crippen LogP contribution in [0.2, 0.25) is 5.02 Å². The molecule has 0 spiro atoms. The first-order chi connectivity index (χ1) is 19.0. The van der Waals surface area contributed by atoms with Gasteiger partial charge in [0.25, 0.3) is 0 Å². The normalized spacial score (nSPS) is 15.8. The molecule has 1 fully saturated rings. The van der Waals surface area contributed by atoms with Gasteiger partial charge in [-0.2, -0.15) is 13.2 Å². The fourth-order valence-corrected chi connectivity index (χ4v) is 4.83. The van der Waals surface area contributed by atoms with Gasteiger partial charge in [-0.3, -0.25) is 9.59 Å². The van der Waals surface area contributed by atoms with E-state index in [0.29, 0.717) is 24.1 Å².